The largest absolute Gasteiger partial charge is 0.344 e. The molecule has 2 N–H and O–H groups in total. The Bertz CT molecular complexity index is 584. The number of benzene rings is 1. The number of piperidine rings is 1. The zero-order valence-corrected chi connectivity index (χ0v) is 15.0. The van der Waals surface area contributed by atoms with Crippen molar-refractivity contribution in [3.63, 3.8) is 0 Å². The minimum absolute atomic E-state index is 0.0120. The van der Waals surface area contributed by atoms with Crippen molar-refractivity contribution < 1.29 is 9.59 Å². The second-order valence-electron chi connectivity index (χ2n) is 7.44. The number of carbonyl (C=O) groups excluding carboxylic acids is 2. The molecule has 0 bridgehead atoms. The van der Waals surface area contributed by atoms with E-state index in [-0.39, 0.29) is 17.9 Å². The lowest BCUT2D eigenvalue weighted by molar-refractivity contribution is -0.133. The molecule has 2 aliphatic heterocycles. The van der Waals surface area contributed by atoms with Crippen molar-refractivity contribution in [2.24, 2.45) is 11.8 Å². The summed E-state index contributed by atoms with van der Waals surface area (Å²) in [7, 11) is 0. The van der Waals surface area contributed by atoms with E-state index in [1.54, 1.807) is 0 Å². The van der Waals surface area contributed by atoms with Crippen molar-refractivity contribution in [2.45, 2.75) is 45.2 Å². The maximum Gasteiger partial charge on any atom is 0.245 e. The van der Waals surface area contributed by atoms with Crippen LogP contribution in [-0.4, -0.2) is 42.4 Å². The fraction of sp³-hybridized carbons (Fsp3) is 0.600. The van der Waals surface area contributed by atoms with Crippen molar-refractivity contribution in [3.05, 3.63) is 35.9 Å². The fourth-order valence-corrected chi connectivity index (χ4v) is 3.91. The monoisotopic (exact) mass is 343 g/mol. The highest BCUT2D eigenvalue weighted by Gasteiger charge is 2.33. The van der Waals surface area contributed by atoms with Crippen LogP contribution in [0.5, 0.6) is 0 Å². The molecule has 0 aromatic heterocycles. The zero-order chi connectivity index (χ0) is 17.6. The number of nitrogens with zero attached hydrogens (tertiary/aromatic N) is 1. The summed E-state index contributed by atoms with van der Waals surface area (Å²) in [6.07, 6.45) is 3.59. The second kappa shape index (κ2) is 8.48. The Morgan fingerprint density at radius 3 is 2.84 bits per heavy atom. The van der Waals surface area contributed by atoms with Gasteiger partial charge in [0.15, 0.2) is 0 Å². The van der Waals surface area contributed by atoms with E-state index in [0.717, 1.165) is 18.7 Å². The van der Waals surface area contributed by atoms with E-state index in [1.165, 1.54) is 12.8 Å². The lowest BCUT2D eigenvalue weighted by Crippen LogP contribution is -2.42. The molecule has 1 aromatic carbocycles. The molecule has 136 valence electrons. The third-order valence-electron chi connectivity index (χ3n) is 5.50. The van der Waals surface area contributed by atoms with Crippen LogP contribution in [0.15, 0.2) is 30.3 Å². The maximum absolute atomic E-state index is 12.5. The van der Waals surface area contributed by atoms with Crippen LogP contribution in [0.25, 0.3) is 0 Å². The molecule has 25 heavy (non-hydrogen) atoms. The first-order valence-corrected chi connectivity index (χ1v) is 9.46. The molecule has 3 unspecified atom stereocenters. The Morgan fingerprint density at radius 1 is 1.32 bits per heavy atom. The highest BCUT2D eigenvalue weighted by atomic mass is 16.2. The third kappa shape index (κ3) is 4.82. The first-order chi connectivity index (χ1) is 12.1. The van der Waals surface area contributed by atoms with Crippen LogP contribution in [0.4, 0.5) is 0 Å². The predicted octanol–water partition coefficient (Wildman–Crippen LogP) is 1.93. The number of nitrogens with one attached hydrogen (secondary N) is 2. The van der Waals surface area contributed by atoms with Gasteiger partial charge in [-0.2, -0.15) is 0 Å². The molecule has 0 radical (unpaired) electrons. The maximum atomic E-state index is 12.5. The van der Waals surface area contributed by atoms with Crippen LogP contribution < -0.4 is 10.6 Å². The Kier molecular flexibility index (Phi) is 6.08. The summed E-state index contributed by atoms with van der Waals surface area (Å²) in [5.41, 5.74) is 1.13. The van der Waals surface area contributed by atoms with Crippen molar-refractivity contribution in [3.8, 4) is 0 Å². The van der Waals surface area contributed by atoms with Gasteiger partial charge in [-0.05, 0) is 49.8 Å². The summed E-state index contributed by atoms with van der Waals surface area (Å²) in [6, 6.07) is 9.64. The molecule has 2 heterocycles. The highest BCUT2D eigenvalue weighted by Crippen LogP contribution is 2.23. The number of hydrogen-bond acceptors (Lipinski definition) is 3. The van der Waals surface area contributed by atoms with Crippen LogP contribution in [0.2, 0.25) is 0 Å². The van der Waals surface area contributed by atoms with Crippen molar-refractivity contribution in [1.29, 1.82) is 0 Å². The summed E-state index contributed by atoms with van der Waals surface area (Å²) in [5.74, 6) is 0.972. The molecule has 3 rings (SSSR count). The van der Waals surface area contributed by atoms with Gasteiger partial charge in [-0.25, -0.2) is 0 Å². The molecule has 2 amide bonds. The standard InChI is InChI=1S/C20H29N3O2/c1-15(17-8-5-10-21-13-17)12-19(24)22-18-9-11-23(20(18)25)14-16-6-3-2-4-7-16/h2-4,6-7,15,17-18,21H,5,8-14H2,1H3,(H,22,24). The van der Waals surface area contributed by atoms with E-state index < -0.39 is 0 Å². The number of carbonyl (C=O) groups is 2. The summed E-state index contributed by atoms with van der Waals surface area (Å²) in [5, 5.41) is 6.37. The first-order valence-electron chi connectivity index (χ1n) is 9.46. The van der Waals surface area contributed by atoms with Gasteiger partial charge in [0.25, 0.3) is 0 Å². The summed E-state index contributed by atoms with van der Waals surface area (Å²) in [6.45, 7) is 5.57. The van der Waals surface area contributed by atoms with Gasteiger partial charge in [-0.15, -0.1) is 0 Å². The van der Waals surface area contributed by atoms with Gasteiger partial charge >= 0.3 is 0 Å². The molecular weight excluding hydrogens is 314 g/mol. The Morgan fingerprint density at radius 2 is 2.12 bits per heavy atom. The molecule has 2 aliphatic rings. The average molecular weight is 343 g/mol. The second-order valence-corrected chi connectivity index (χ2v) is 7.44. The van der Waals surface area contributed by atoms with Gasteiger partial charge in [0.1, 0.15) is 6.04 Å². The van der Waals surface area contributed by atoms with Crippen LogP contribution in [0, 0.1) is 11.8 Å². The minimum atomic E-state index is -0.354. The Hall–Kier alpha value is -1.88. The first kappa shape index (κ1) is 17.9. The van der Waals surface area contributed by atoms with E-state index in [1.807, 2.05) is 35.2 Å². The van der Waals surface area contributed by atoms with E-state index in [0.29, 0.717) is 37.8 Å². The smallest absolute Gasteiger partial charge is 0.245 e. The number of likely N-dealkylation sites (tertiary alicyclic amines) is 1. The van der Waals surface area contributed by atoms with Gasteiger partial charge < -0.3 is 15.5 Å². The highest BCUT2D eigenvalue weighted by molar-refractivity contribution is 5.89. The Balaban J connectivity index is 1.46. The number of amides is 2. The third-order valence-corrected chi connectivity index (χ3v) is 5.50. The van der Waals surface area contributed by atoms with Gasteiger partial charge in [0, 0.05) is 19.5 Å². The molecule has 2 saturated heterocycles. The normalized spacial score (nSPS) is 25.0. The minimum Gasteiger partial charge on any atom is -0.344 e. The molecule has 0 saturated carbocycles. The number of hydrogen-bond donors (Lipinski definition) is 2. The van der Waals surface area contributed by atoms with Crippen molar-refractivity contribution in [2.75, 3.05) is 19.6 Å². The summed E-state index contributed by atoms with van der Waals surface area (Å²) >= 11 is 0. The van der Waals surface area contributed by atoms with Gasteiger partial charge in [0.2, 0.25) is 11.8 Å². The van der Waals surface area contributed by atoms with Crippen LogP contribution in [-0.2, 0) is 16.1 Å². The SMILES string of the molecule is CC(CC(=O)NC1CCN(Cc2ccccc2)C1=O)C1CCCNC1. The molecule has 1 aromatic rings. The van der Waals surface area contributed by atoms with Crippen molar-refractivity contribution in [1.82, 2.24) is 15.5 Å². The number of rotatable bonds is 6. The Labute approximate surface area is 150 Å². The van der Waals surface area contributed by atoms with Crippen LogP contribution >= 0.6 is 0 Å². The van der Waals surface area contributed by atoms with Gasteiger partial charge in [-0.1, -0.05) is 37.3 Å². The topological polar surface area (TPSA) is 61.4 Å². The summed E-state index contributed by atoms with van der Waals surface area (Å²) in [4.78, 5) is 26.7. The molecule has 0 aliphatic carbocycles. The van der Waals surface area contributed by atoms with Crippen molar-refractivity contribution >= 4 is 11.8 Å². The lowest BCUT2D eigenvalue weighted by atomic mass is 9.85. The van der Waals surface area contributed by atoms with E-state index in [2.05, 4.69) is 17.6 Å². The zero-order valence-electron chi connectivity index (χ0n) is 15.0. The lowest BCUT2D eigenvalue weighted by Gasteiger charge is -2.28. The molecule has 5 nitrogen and oxygen atoms in total. The van der Waals surface area contributed by atoms with E-state index in [9.17, 15) is 9.59 Å². The van der Waals surface area contributed by atoms with Gasteiger partial charge in [0.05, 0.1) is 0 Å². The van der Waals surface area contributed by atoms with E-state index >= 15 is 0 Å². The molecule has 2 fully saturated rings. The molecule has 3 atom stereocenters. The molecule has 0 spiro atoms. The molecule has 5 heteroatoms. The van der Waals surface area contributed by atoms with E-state index in [4.69, 9.17) is 0 Å². The van der Waals surface area contributed by atoms with Gasteiger partial charge in [-0.3, -0.25) is 9.59 Å². The quantitative estimate of drug-likeness (QED) is 0.830. The summed E-state index contributed by atoms with van der Waals surface area (Å²) < 4.78 is 0. The molecular formula is C20H29N3O2. The predicted molar refractivity (Wildman–Crippen MR) is 97.8 cm³/mol. The van der Waals surface area contributed by atoms with Crippen LogP contribution in [0.3, 0.4) is 0 Å². The van der Waals surface area contributed by atoms with Crippen LogP contribution in [0.1, 0.15) is 38.2 Å². The fourth-order valence-electron chi connectivity index (χ4n) is 3.91. The average Bonchev–Trinajstić information content (AvgIpc) is 2.96.